The van der Waals surface area contributed by atoms with Crippen molar-refractivity contribution in [3.05, 3.63) is 35.9 Å². The van der Waals surface area contributed by atoms with Crippen LogP contribution in [0, 0.1) is 5.92 Å². The van der Waals surface area contributed by atoms with Crippen LogP contribution >= 0.6 is 0 Å². The van der Waals surface area contributed by atoms with Gasteiger partial charge < -0.3 is 9.53 Å². The predicted octanol–water partition coefficient (Wildman–Crippen LogP) is 5.51. The van der Waals surface area contributed by atoms with Gasteiger partial charge in [0.15, 0.2) is 8.32 Å². The monoisotopic (exact) mass is 364 g/mol. The van der Waals surface area contributed by atoms with Crippen LogP contribution in [0.5, 0.6) is 0 Å². The number of hydrogen-bond donors (Lipinski definition) is 1. The first-order valence-electron chi connectivity index (χ1n) is 9.43. The van der Waals surface area contributed by atoms with Crippen molar-refractivity contribution in [2.75, 3.05) is 0 Å². The molecule has 0 fully saturated rings. The summed E-state index contributed by atoms with van der Waals surface area (Å²) in [5.41, 5.74) is 0.792. The number of hydrogen-bond acceptors (Lipinski definition) is 3. The lowest BCUT2D eigenvalue weighted by Gasteiger charge is -2.40. The second-order valence-corrected chi connectivity index (χ2v) is 13.3. The minimum atomic E-state index is -1.93. The number of Topliss-reactive ketones (excluding diaryl/α,β-unsaturated/α-hetero) is 1. The van der Waals surface area contributed by atoms with E-state index in [-0.39, 0.29) is 29.3 Å². The third kappa shape index (κ3) is 6.35. The highest BCUT2D eigenvalue weighted by atomic mass is 28.4. The molecule has 4 heteroatoms. The lowest BCUT2D eigenvalue weighted by atomic mass is 9.91. The van der Waals surface area contributed by atoms with Gasteiger partial charge in [-0.3, -0.25) is 4.79 Å². The molecule has 1 rings (SSSR count). The number of benzene rings is 1. The standard InChI is InChI=1S/C21H36O3Si/c1-8-12-20(24-25(6,7)21(3,4)5)16(2)18(22)15-19(23)17-13-10-9-11-14-17/h9-11,13-14,16,19-20,23H,8,12,15H2,1-7H3/t16-,19+,20-/m0/s1. The molecule has 0 bridgehead atoms. The van der Waals surface area contributed by atoms with Crippen molar-refractivity contribution in [2.24, 2.45) is 5.92 Å². The van der Waals surface area contributed by atoms with Gasteiger partial charge in [-0.1, -0.05) is 71.4 Å². The molecule has 0 spiro atoms. The molecular formula is C21H36O3Si. The van der Waals surface area contributed by atoms with E-state index in [9.17, 15) is 9.90 Å². The predicted molar refractivity (Wildman–Crippen MR) is 107 cm³/mol. The van der Waals surface area contributed by atoms with E-state index >= 15 is 0 Å². The molecule has 3 nitrogen and oxygen atoms in total. The lowest BCUT2D eigenvalue weighted by Crippen LogP contribution is -2.46. The number of aliphatic hydroxyl groups is 1. The van der Waals surface area contributed by atoms with Gasteiger partial charge in [0.05, 0.1) is 12.2 Å². The summed E-state index contributed by atoms with van der Waals surface area (Å²) in [6.45, 7) is 15.2. The maximum Gasteiger partial charge on any atom is 0.192 e. The first kappa shape index (κ1) is 22.1. The van der Waals surface area contributed by atoms with Crippen LogP contribution in [0.1, 0.15) is 65.5 Å². The minimum absolute atomic E-state index is 0.0682. The zero-order chi connectivity index (χ0) is 19.3. The molecule has 0 radical (unpaired) electrons. The van der Waals surface area contributed by atoms with Crippen molar-refractivity contribution in [1.82, 2.24) is 0 Å². The number of carbonyl (C=O) groups excluding carboxylic acids is 1. The Morgan fingerprint density at radius 1 is 1.20 bits per heavy atom. The fourth-order valence-corrected chi connectivity index (χ4v) is 4.06. The average molecular weight is 365 g/mol. The Morgan fingerprint density at radius 2 is 1.76 bits per heavy atom. The molecule has 0 saturated carbocycles. The molecule has 142 valence electrons. The molecular weight excluding hydrogens is 328 g/mol. The Balaban J connectivity index is 2.80. The molecule has 0 aliphatic carbocycles. The summed E-state index contributed by atoms with van der Waals surface area (Å²) in [6.07, 6.45) is 1.19. The van der Waals surface area contributed by atoms with Crippen LogP contribution in [0.2, 0.25) is 18.1 Å². The molecule has 1 aromatic carbocycles. The fourth-order valence-electron chi connectivity index (χ4n) is 2.63. The summed E-state index contributed by atoms with van der Waals surface area (Å²) in [7, 11) is -1.93. The van der Waals surface area contributed by atoms with E-state index in [1.54, 1.807) is 0 Å². The van der Waals surface area contributed by atoms with Crippen molar-refractivity contribution in [1.29, 1.82) is 0 Å². The Kier molecular flexibility index (Phi) is 8.04. The molecule has 1 N–H and O–H groups in total. The highest BCUT2D eigenvalue weighted by Crippen LogP contribution is 2.39. The third-order valence-corrected chi connectivity index (χ3v) is 9.97. The Labute approximate surface area is 154 Å². The summed E-state index contributed by atoms with van der Waals surface area (Å²) in [5.74, 6) is -0.124. The lowest BCUT2D eigenvalue weighted by molar-refractivity contribution is -0.127. The van der Waals surface area contributed by atoms with Gasteiger partial charge >= 0.3 is 0 Å². The number of rotatable bonds is 9. The molecule has 3 atom stereocenters. The second-order valence-electron chi connectivity index (χ2n) is 8.59. The van der Waals surface area contributed by atoms with Crippen LogP contribution in [0.3, 0.4) is 0 Å². The van der Waals surface area contributed by atoms with Crippen LogP contribution < -0.4 is 0 Å². The second kappa shape index (κ2) is 9.11. The zero-order valence-electron chi connectivity index (χ0n) is 17.0. The average Bonchev–Trinajstić information content (AvgIpc) is 2.53. The van der Waals surface area contributed by atoms with E-state index in [4.69, 9.17) is 4.43 Å². The van der Waals surface area contributed by atoms with Crippen LogP contribution in [-0.4, -0.2) is 25.3 Å². The molecule has 0 unspecified atom stereocenters. The van der Waals surface area contributed by atoms with E-state index in [1.807, 2.05) is 37.3 Å². The van der Waals surface area contributed by atoms with Gasteiger partial charge in [-0.15, -0.1) is 0 Å². The SMILES string of the molecule is CCC[C@H](O[Si](C)(C)C(C)(C)C)[C@@H](C)C(=O)C[C@@H](O)c1ccccc1. The summed E-state index contributed by atoms with van der Waals surface area (Å²) >= 11 is 0. The van der Waals surface area contributed by atoms with E-state index in [0.717, 1.165) is 18.4 Å². The number of ketones is 1. The van der Waals surface area contributed by atoms with Gasteiger partial charge in [0, 0.05) is 12.3 Å². The van der Waals surface area contributed by atoms with Gasteiger partial charge in [-0.2, -0.15) is 0 Å². The first-order valence-corrected chi connectivity index (χ1v) is 12.3. The minimum Gasteiger partial charge on any atom is -0.413 e. The molecule has 0 saturated heterocycles. The van der Waals surface area contributed by atoms with Crippen molar-refractivity contribution in [3.8, 4) is 0 Å². The smallest absolute Gasteiger partial charge is 0.192 e. The molecule has 0 aliphatic rings. The Hall–Kier alpha value is -0.973. The quantitative estimate of drug-likeness (QED) is 0.588. The largest absolute Gasteiger partial charge is 0.413 e. The first-order chi connectivity index (χ1) is 11.5. The van der Waals surface area contributed by atoms with Crippen molar-refractivity contribution in [2.45, 2.75) is 84.2 Å². The Bertz CT molecular complexity index is 534. The molecule has 1 aromatic rings. The molecule has 0 heterocycles. The summed E-state index contributed by atoms with van der Waals surface area (Å²) < 4.78 is 6.55. The van der Waals surface area contributed by atoms with Crippen LogP contribution in [0.4, 0.5) is 0 Å². The Morgan fingerprint density at radius 3 is 2.24 bits per heavy atom. The van der Waals surface area contributed by atoms with Gasteiger partial charge in [0.25, 0.3) is 0 Å². The van der Waals surface area contributed by atoms with Crippen molar-refractivity contribution < 1.29 is 14.3 Å². The van der Waals surface area contributed by atoms with Gasteiger partial charge in [-0.05, 0) is 30.1 Å². The van der Waals surface area contributed by atoms with E-state index in [0.29, 0.717) is 0 Å². The van der Waals surface area contributed by atoms with Crippen molar-refractivity contribution >= 4 is 14.1 Å². The van der Waals surface area contributed by atoms with Crippen molar-refractivity contribution in [3.63, 3.8) is 0 Å². The summed E-state index contributed by atoms with van der Waals surface area (Å²) in [5, 5.41) is 10.5. The molecule has 0 aromatic heterocycles. The highest BCUT2D eigenvalue weighted by Gasteiger charge is 2.40. The van der Waals surface area contributed by atoms with E-state index in [2.05, 4.69) is 40.8 Å². The topological polar surface area (TPSA) is 46.5 Å². The highest BCUT2D eigenvalue weighted by molar-refractivity contribution is 6.74. The molecule has 0 amide bonds. The van der Waals surface area contributed by atoms with Gasteiger partial charge in [-0.25, -0.2) is 0 Å². The fraction of sp³-hybridized carbons (Fsp3) is 0.667. The molecule has 0 aliphatic heterocycles. The maximum atomic E-state index is 12.8. The summed E-state index contributed by atoms with van der Waals surface area (Å²) in [4.78, 5) is 12.8. The third-order valence-electron chi connectivity index (χ3n) is 5.47. The van der Waals surface area contributed by atoms with Crippen LogP contribution in [-0.2, 0) is 9.22 Å². The van der Waals surface area contributed by atoms with Gasteiger partial charge in [0.1, 0.15) is 5.78 Å². The summed E-state index contributed by atoms with van der Waals surface area (Å²) in [6, 6.07) is 9.39. The zero-order valence-corrected chi connectivity index (χ0v) is 18.0. The number of carbonyl (C=O) groups is 1. The normalized spacial score (nSPS) is 16.3. The van der Waals surface area contributed by atoms with Crippen LogP contribution in [0.15, 0.2) is 30.3 Å². The van der Waals surface area contributed by atoms with E-state index < -0.39 is 14.4 Å². The van der Waals surface area contributed by atoms with E-state index in [1.165, 1.54) is 0 Å². The van der Waals surface area contributed by atoms with Crippen LogP contribution in [0.25, 0.3) is 0 Å². The van der Waals surface area contributed by atoms with Gasteiger partial charge in [0.2, 0.25) is 0 Å². The molecule has 25 heavy (non-hydrogen) atoms. The number of aliphatic hydroxyl groups excluding tert-OH is 1. The maximum absolute atomic E-state index is 12.8.